The number of sulfone groups is 1. The first kappa shape index (κ1) is 16.3. The third kappa shape index (κ3) is 3.66. The summed E-state index contributed by atoms with van der Waals surface area (Å²) >= 11 is 1.07. The van der Waals surface area contributed by atoms with Crippen LogP contribution in [-0.2, 0) is 9.84 Å². The van der Waals surface area contributed by atoms with Crippen molar-refractivity contribution in [2.24, 2.45) is 0 Å². The van der Waals surface area contributed by atoms with Crippen molar-refractivity contribution in [3.05, 3.63) is 60.2 Å². The molecule has 3 rings (SSSR count). The Morgan fingerprint density at radius 3 is 2.33 bits per heavy atom. The van der Waals surface area contributed by atoms with Gasteiger partial charge in [-0.1, -0.05) is 18.2 Å². The van der Waals surface area contributed by atoms with Crippen molar-refractivity contribution in [3.63, 3.8) is 0 Å². The summed E-state index contributed by atoms with van der Waals surface area (Å²) in [5.74, 6) is 0.175. The lowest BCUT2D eigenvalue weighted by Crippen LogP contribution is -2.11. The molecule has 0 bridgehead atoms. The van der Waals surface area contributed by atoms with Gasteiger partial charge in [0.2, 0.25) is 5.13 Å². The summed E-state index contributed by atoms with van der Waals surface area (Å²) in [7, 11) is -3.24. The van der Waals surface area contributed by atoms with Crippen LogP contribution < -0.4 is 5.32 Å². The molecule has 6 nitrogen and oxygen atoms in total. The van der Waals surface area contributed by atoms with Gasteiger partial charge in [-0.3, -0.25) is 10.1 Å². The second kappa shape index (κ2) is 6.50. The normalized spacial score (nSPS) is 11.2. The van der Waals surface area contributed by atoms with Crippen LogP contribution in [0.2, 0.25) is 0 Å². The molecule has 0 saturated heterocycles. The number of hydrogen-bond donors (Lipinski definition) is 1. The van der Waals surface area contributed by atoms with Gasteiger partial charge in [0.25, 0.3) is 5.91 Å². The molecule has 0 fully saturated rings. The maximum atomic E-state index is 12.1. The Kier molecular flexibility index (Phi) is 4.41. The van der Waals surface area contributed by atoms with Crippen LogP contribution >= 0.6 is 11.5 Å². The summed E-state index contributed by atoms with van der Waals surface area (Å²) in [6, 6.07) is 15.1. The van der Waals surface area contributed by atoms with E-state index in [1.165, 1.54) is 12.1 Å². The van der Waals surface area contributed by atoms with Gasteiger partial charge in [-0.05, 0) is 36.4 Å². The highest BCUT2D eigenvalue weighted by molar-refractivity contribution is 7.90. The number of carbonyl (C=O) groups is 1. The zero-order chi connectivity index (χ0) is 17.2. The third-order valence-electron chi connectivity index (χ3n) is 3.22. The van der Waals surface area contributed by atoms with Gasteiger partial charge >= 0.3 is 0 Å². The largest absolute Gasteiger partial charge is 0.297 e. The topological polar surface area (TPSA) is 89.0 Å². The van der Waals surface area contributed by atoms with E-state index in [1.54, 1.807) is 36.4 Å². The standard InChI is InChI=1S/C16H13N3O3S2/c1-24(21,22)13-9-7-11(8-10-13)14-17-16(23-19-14)18-15(20)12-5-3-2-4-6-12/h2-10H,1H3,(H,17,18,19,20). The predicted octanol–water partition coefficient (Wildman–Crippen LogP) is 2.86. The molecule has 0 saturated carbocycles. The van der Waals surface area contributed by atoms with E-state index in [2.05, 4.69) is 14.7 Å². The molecular formula is C16H13N3O3S2. The summed E-state index contributed by atoms with van der Waals surface area (Å²) < 4.78 is 27.1. The van der Waals surface area contributed by atoms with Gasteiger partial charge in [-0.15, -0.1) is 0 Å². The predicted molar refractivity (Wildman–Crippen MR) is 92.9 cm³/mol. The van der Waals surface area contributed by atoms with E-state index < -0.39 is 9.84 Å². The SMILES string of the molecule is CS(=O)(=O)c1ccc(-c2nsc(NC(=O)c3ccccc3)n2)cc1. The Labute approximate surface area is 143 Å². The molecule has 1 amide bonds. The molecule has 24 heavy (non-hydrogen) atoms. The van der Waals surface area contributed by atoms with Crippen LogP contribution in [0, 0.1) is 0 Å². The van der Waals surface area contributed by atoms with Gasteiger partial charge in [0.15, 0.2) is 15.7 Å². The second-order valence-corrected chi connectivity index (χ2v) is 7.81. The highest BCUT2D eigenvalue weighted by atomic mass is 32.2. The monoisotopic (exact) mass is 359 g/mol. The first-order chi connectivity index (χ1) is 11.4. The van der Waals surface area contributed by atoms with Crippen molar-refractivity contribution in [2.45, 2.75) is 4.90 Å². The molecule has 0 unspecified atom stereocenters. The molecule has 1 heterocycles. The fraction of sp³-hybridized carbons (Fsp3) is 0.0625. The quantitative estimate of drug-likeness (QED) is 0.774. The zero-order valence-electron chi connectivity index (χ0n) is 12.6. The summed E-state index contributed by atoms with van der Waals surface area (Å²) in [4.78, 5) is 16.6. The fourth-order valence-electron chi connectivity index (χ4n) is 2.00. The van der Waals surface area contributed by atoms with Crippen molar-refractivity contribution in [1.82, 2.24) is 9.36 Å². The van der Waals surface area contributed by atoms with E-state index in [-0.39, 0.29) is 10.8 Å². The molecule has 0 spiro atoms. The smallest absolute Gasteiger partial charge is 0.257 e. The van der Waals surface area contributed by atoms with Crippen LogP contribution in [0.5, 0.6) is 0 Å². The van der Waals surface area contributed by atoms with Crippen molar-refractivity contribution in [2.75, 3.05) is 11.6 Å². The van der Waals surface area contributed by atoms with Crippen molar-refractivity contribution >= 4 is 32.4 Å². The van der Waals surface area contributed by atoms with Gasteiger partial charge in [-0.25, -0.2) is 8.42 Å². The average Bonchev–Trinajstić information content (AvgIpc) is 3.03. The van der Waals surface area contributed by atoms with Crippen LogP contribution in [0.3, 0.4) is 0 Å². The number of rotatable bonds is 4. The molecular weight excluding hydrogens is 346 g/mol. The van der Waals surface area contributed by atoms with E-state index in [0.29, 0.717) is 22.1 Å². The molecule has 0 atom stereocenters. The van der Waals surface area contributed by atoms with E-state index in [4.69, 9.17) is 0 Å². The summed E-state index contributed by atoms with van der Waals surface area (Å²) in [5.41, 5.74) is 1.21. The number of anilines is 1. The first-order valence-corrected chi connectivity index (χ1v) is 9.60. The minimum absolute atomic E-state index is 0.235. The maximum Gasteiger partial charge on any atom is 0.257 e. The van der Waals surface area contributed by atoms with Crippen LogP contribution in [-0.4, -0.2) is 29.9 Å². The van der Waals surface area contributed by atoms with E-state index in [1.807, 2.05) is 6.07 Å². The van der Waals surface area contributed by atoms with E-state index >= 15 is 0 Å². The lowest BCUT2D eigenvalue weighted by Gasteiger charge is -2.00. The lowest BCUT2D eigenvalue weighted by atomic mass is 10.2. The average molecular weight is 359 g/mol. The van der Waals surface area contributed by atoms with Crippen LogP contribution in [0.15, 0.2) is 59.5 Å². The molecule has 1 N–H and O–H groups in total. The van der Waals surface area contributed by atoms with Crippen molar-refractivity contribution in [3.8, 4) is 11.4 Å². The van der Waals surface area contributed by atoms with Gasteiger partial charge in [0.1, 0.15) is 0 Å². The number of aromatic nitrogens is 2. The molecule has 0 aliphatic carbocycles. The van der Waals surface area contributed by atoms with Crippen molar-refractivity contribution in [1.29, 1.82) is 0 Å². The number of nitrogens with one attached hydrogen (secondary N) is 1. The number of carbonyl (C=O) groups excluding carboxylic acids is 1. The maximum absolute atomic E-state index is 12.1. The summed E-state index contributed by atoms with van der Waals surface area (Å²) in [5, 5.41) is 3.07. The fourth-order valence-corrected chi connectivity index (χ4v) is 3.22. The molecule has 122 valence electrons. The third-order valence-corrected chi connectivity index (χ3v) is 4.98. The Morgan fingerprint density at radius 2 is 1.71 bits per heavy atom. The zero-order valence-corrected chi connectivity index (χ0v) is 14.3. The van der Waals surface area contributed by atoms with Crippen LogP contribution in [0.4, 0.5) is 5.13 Å². The highest BCUT2D eigenvalue weighted by Crippen LogP contribution is 2.23. The number of benzene rings is 2. The summed E-state index contributed by atoms with van der Waals surface area (Å²) in [6.45, 7) is 0. The lowest BCUT2D eigenvalue weighted by molar-refractivity contribution is 0.102. The van der Waals surface area contributed by atoms with Crippen LogP contribution in [0.25, 0.3) is 11.4 Å². The van der Waals surface area contributed by atoms with Gasteiger partial charge in [0.05, 0.1) is 4.90 Å². The van der Waals surface area contributed by atoms with Gasteiger partial charge < -0.3 is 0 Å². The molecule has 8 heteroatoms. The molecule has 2 aromatic carbocycles. The summed E-state index contributed by atoms with van der Waals surface area (Å²) in [6.07, 6.45) is 1.15. The Bertz CT molecular complexity index is 965. The van der Waals surface area contributed by atoms with Gasteiger partial charge in [0, 0.05) is 28.9 Å². The minimum atomic E-state index is -3.24. The minimum Gasteiger partial charge on any atom is -0.297 e. The molecule has 3 aromatic rings. The number of hydrogen-bond acceptors (Lipinski definition) is 6. The van der Waals surface area contributed by atoms with Crippen LogP contribution in [0.1, 0.15) is 10.4 Å². The Balaban J connectivity index is 1.77. The van der Waals surface area contributed by atoms with Gasteiger partial charge in [-0.2, -0.15) is 9.36 Å². The number of amides is 1. The molecule has 0 aliphatic rings. The molecule has 1 aromatic heterocycles. The highest BCUT2D eigenvalue weighted by Gasteiger charge is 2.12. The van der Waals surface area contributed by atoms with E-state index in [9.17, 15) is 13.2 Å². The Morgan fingerprint density at radius 1 is 1.04 bits per heavy atom. The van der Waals surface area contributed by atoms with Crippen molar-refractivity contribution < 1.29 is 13.2 Å². The number of nitrogens with zero attached hydrogens (tertiary/aromatic N) is 2. The van der Waals surface area contributed by atoms with E-state index in [0.717, 1.165) is 17.8 Å². The Hall–Kier alpha value is -2.58. The second-order valence-electron chi connectivity index (χ2n) is 5.04. The first-order valence-electron chi connectivity index (χ1n) is 6.94. The molecule has 0 aliphatic heterocycles. The molecule has 0 radical (unpaired) electrons.